The number of benzene rings is 1. The van der Waals surface area contributed by atoms with Crippen LogP contribution < -0.4 is 0 Å². The average molecular weight is 323 g/mol. The van der Waals surface area contributed by atoms with Gasteiger partial charge in [-0.05, 0) is 24.0 Å². The fourth-order valence-electron chi connectivity index (χ4n) is 1.12. The van der Waals surface area contributed by atoms with E-state index in [0.29, 0.717) is 10.0 Å². The van der Waals surface area contributed by atoms with Crippen molar-refractivity contribution in [1.82, 2.24) is 10.2 Å². The van der Waals surface area contributed by atoms with Crippen LogP contribution in [0.1, 0.15) is 5.56 Å². The van der Waals surface area contributed by atoms with Crippen molar-refractivity contribution in [2.24, 2.45) is 0 Å². The molecule has 2 aromatic rings. The summed E-state index contributed by atoms with van der Waals surface area (Å²) in [5, 5.41) is 9.48. The highest BCUT2D eigenvalue weighted by atomic mass is 35.5. The number of rotatable bonds is 4. The second kappa shape index (κ2) is 6.29. The lowest BCUT2D eigenvalue weighted by Crippen LogP contribution is -1.82. The molecule has 0 N–H and O–H groups in total. The van der Waals surface area contributed by atoms with Crippen molar-refractivity contribution < 1.29 is 0 Å². The molecular weight excluding hydrogens is 315 g/mol. The van der Waals surface area contributed by atoms with Gasteiger partial charge in [-0.3, -0.25) is 0 Å². The summed E-state index contributed by atoms with van der Waals surface area (Å²) >= 11 is 16.8. The first-order valence-electron chi connectivity index (χ1n) is 4.63. The molecule has 1 aromatic carbocycles. The zero-order valence-electron chi connectivity index (χ0n) is 8.81. The molecule has 0 aliphatic heterocycles. The zero-order chi connectivity index (χ0) is 12.3. The first-order valence-corrected chi connectivity index (χ1v) is 8.41. The Hall–Kier alpha value is 0.0600. The van der Waals surface area contributed by atoms with E-state index in [2.05, 4.69) is 10.2 Å². The van der Waals surface area contributed by atoms with Crippen LogP contribution in [-0.4, -0.2) is 16.5 Å². The molecule has 0 spiro atoms. The van der Waals surface area contributed by atoms with Crippen LogP contribution in [0.4, 0.5) is 0 Å². The van der Waals surface area contributed by atoms with Crippen LogP contribution in [0.15, 0.2) is 26.9 Å². The van der Waals surface area contributed by atoms with Gasteiger partial charge in [0.25, 0.3) is 0 Å². The number of thioether (sulfide) groups is 2. The Kier molecular flexibility index (Phi) is 4.99. The highest BCUT2D eigenvalue weighted by Crippen LogP contribution is 2.32. The molecule has 2 nitrogen and oxygen atoms in total. The quantitative estimate of drug-likeness (QED) is 0.751. The largest absolute Gasteiger partial charge is 0.175 e. The summed E-state index contributed by atoms with van der Waals surface area (Å²) in [4.78, 5) is 0. The van der Waals surface area contributed by atoms with E-state index in [9.17, 15) is 0 Å². The molecule has 0 saturated carbocycles. The smallest absolute Gasteiger partial charge is 0.131 e. The Morgan fingerprint density at radius 3 is 2.65 bits per heavy atom. The summed E-state index contributed by atoms with van der Waals surface area (Å²) in [7, 11) is 0. The van der Waals surface area contributed by atoms with Gasteiger partial charge in [0.2, 0.25) is 0 Å². The van der Waals surface area contributed by atoms with Crippen molar-refractivity contribution in [2.45, 2.75) is 14.4 Å². The Bertz CT molecular complexity index is 516. The molecule has 90 valence electrons. The molecule has 0 atom stereocenters. The third-order valence-electron chi connectivity index (χ3n) is 1.93. The molecule has 1 heterocycles. The molecule has 7 heteroatoms. The van der Waals surface area contributed by atoms with E-state index >= 15 is 0 Å². The summed E-state index contributed by atoms with van der Waals surface area (Å²) in [5.41, 5.74) is 1.06. The Morgan fingerprint density at radius 2 is 2.00 bits per heavy atom. The predicted molar refractivity (Wildman–Crippen MR) is 77.7 cm³/mol. The molecule has 2 rings (SSSR count). The molecule has 0 aliphatic rings. The maximum absolute atomic E-state index is 6.09. The van der Waals surface area contributed by atoms with Gasteiger partial charge in [-0.2, -0.15) is 0 Å². The van der Waals surface area contributed by atoms with Crippen molar-refractivity contribution in [3.05, 3.63) is 33.8 Å². The van der Waals surface area contributed by atoms with E-state index in [1.54, 1.807) is 40.9 Å². The summed E-state index contributed by atoms with van der Waals surface area (Å²) in [6.45, 7) is 0. The van der Waals surface area contributed by atoms with Gasteiger partial charge >= 0.3 is 0 Å². The van der Waals surface area contributed by atoms with Crippen LogP contribution in [-0.2, 0) is 5.75 Å². The minimum absolute atomic E-state index is 0.657. The number of hydrogen-bond acceptors (Lipinski definition) is 5. The molecule has 0 fully saturated rings. The van der Waals surface area contributed by atoms with Gasteiger partial charge in [-0.25, -0.2) is 0 Å². The minimum Gasteiger partial charge on any atom is -0.131 e. The Balaban J connectivity index is 2.02. The van der Waals surface area contributed by atoms with Crippen molar-refractivity contribution in [2.75, 3.05) is 6.26 Å². The summed E-state index contributed by atoms with van der Waals surface area (Å²) in [6.07, 6.45) is 1.99. The molecule has 0 amide bonds. The van der Waals surface area contributed by atoms with Crippen LogP contribution in [0.3, 0.4) is 0 Å². The maximum atomic E-state index is 6.09. The highest BCUT2D eigenvalue weighted by molar-refractivity contribution is 8.02. The van der Waals surface area contributed by atoms with Crippen molar-refractivity contribution >= 4 is 58.1 Å². The summed E-state index contributed by atoms with van der Waals surface area (Å²) in [6, 6.07) is 5.54. The highest BCUT2D eigenvalue weighted by Gasteiger charge is 2.06. The third-order valence-corrected chi connectivity index (χ3v) is 5.60. The van der Waals surface area contributed by atoms with E-state index in [-0.39, 0.29) is 0 Å². The van der Waals surface area contributed by atoms with Crippen molar-refractivity contribution in [3.8, 4) is 0 Å². The SMILES string of the molecule is CSc1nnc(SCc2ccc(Cl)cc2Cl)s1. The molecule has 0 bridgehead atoms. The molecule has 0 saturated heterocycles. The van der Waals surface area contributed by atoms with Crippen LogP contribution in [0.25, 0.3) is 0 Å². The van der Waals surface area contributed by atoms with E-state index in [1.807, 2.05) is 18.4 Å². The van der Waals surface area contributed by atoms with Gasteiger partial charge in [0.15, 0.2) is 8.68 Å². The van der Waals surface area contributed by atoms with Gasteiger partial charge in [0.1, 0.15) is 0 Å². The fourth-order valence-corrected chi connectivity index (χ4v) is 4.11. The van der Waals surface area contributed by atoms with E-state index < -0.39 is 0 Å². The van der Waals surface area contributed by atoms with Gasteiger partial charge in [-0.15, -0.1) is 10.2 Å². The fraction of sp³-hybridized carbons (Fsp3) is 0.200. The van der Waals surface area contributed by atoms with Gasteiger partial charge in [-0.1, -0.05) is 64.1 Å². The predicted octanol–water partition coefficient (Wildman–Crippen LogP) is 4.86. The topological polar surface area (TPSA) is 25.8 Å². The number of halogens is 2. The monoisotopic (exact) mass is 322 g/mol. The lowest BCUT2D eigenvalue weighted by molar-refractivity contribution is 0.955. The molecule has 0 unspecified atom stereocenters. The van der Waals surface area contributed by atoms with Crippen molar-refractivity contribution in [3.63, 3.8) is 0 Å². The molecule has 0 radical (unpaired) electrons. The van der Waals surface area contributed by atoms with Crippen LogP contribution >= 0.6 is 58.1 Å². The molecule has 0 aliphatic carbocycles. The first kappa shape index (κ1) is 13.5. The lowest BCUT2D eigenvalue weighted by Gasteiger charge is -2.02. The second-order valence-electron chi connectivity index (χ2n) is 3.06. The van der Waals surface area contributed by atoms with Crippen LogP contribution in [0.5, 0.6) is 0 Å². The molecule has 1 aromatic heterocycles. The maximum Gasteiger partial charge on any atom is 0.175 e. The molecular formula is C10H8Cl2N2S3. The number of aromatic nitrogens is 2. The summed E-state index contributed by atoms with van der Waals surface area (Å²) < 4.78 is 1.94. The lowest BCUT2D eigenvalue weighted by atomic mass is 10.2. The molecule has 17 heavy (non-hydrogen) atoms. The standard InChI is InChI=1S/C10H8Cl2N2S3/c1-15-9-13-14-10(17-9)16-5-6-2-3-7(11)4-8(6)12/h2-4H,5H2,1H3. The summed E-state index contributed by atoms with van der Waals surface area (Å²) in [5.74, 6) is 0.777. The minimum atomic E-state index is 0.657. The van der Waals surface area contributed by atoms with E-state index in [1.165, 1.54) is 0 Å². The Labute approximate surface area is 122 Å². The Morgan fingerprint density at radius 1 is 1.24 bits per heavy atom. The van der Waals surface area contributed by atoms with Gasteiger partial charge in [0.05, 0.1) is 0 Å². The van der Waals surface area contributed by atoms with Gasteiger partial charge in [0, 0.05) is 15.8 Å². The average Bonchev–Trinajstić information content (AvgIpc) is 2.76. The number of nitrogens with zero attached hydrogens (tertiary/aromatic N) is 2. The van der Waals surface area contributed by atoms with Crippen LogP contribution in [0, 0.1) is 0 Å². The van der Waals surface area contributed by atoms with E-state index in [0.717, 1.165) is 20.0 Å². The third kappa shape index (κ3) is 3.76. The number of hydrogen-bond donors (Lipinski definition) is 0. The van der Waals surface area contributed by atoms with E-state index in [4.69, 9.17) is 23.2 Å². The normalized spacial score (nSPS) is 10.8. The van der Waals surface area contributed by atoms with Gasteiger partial charge < -0.3 is 0 Å². The van der Waals surface area contributed by atoms with Crippen LogP contribution in [0.2, 0.25) is 10.0 Å². The first-order chi connectivity index (χ1) is 8.19. The van der Waals surface area contributed by atoms with Crippen molar-refractivity contribution in [1.29, 1.82) is 0 Å². The second-order valence-corrected chi connectivity index (χ2v) is 7.16. The zero-order valence-corrected chi connectivity index (χ0v) is 12.8.